The van der Waals surface area contributed by atoms with Crippen LogP contribution in [0.1, 0.15) is 11.3 Å². The lowest BCUT2D eigenvalue weighted by molar-refractivity contribution is 1.19. The van der Waals surface area contributed by atoms with Gasteiger partial charge in [0.15, 0.2) is 0 Å². The minimum Gasteiger partial charge on any atom is -0.382 e. The number of hydrogen-bond acceptors (Lipinski definition) is 3. The number of nitrogens with zero attached hydrogens (tertiary/aromatic N) is 1. The number of benzene rings is 1. The highest BCUT2D eigenvalue weighted by atomic mass is 79.9. The summed E-state index contributed by atoms with van der Waals surface area (Å²) >= 11 is 5.14. The van der Waals surface area contributed by atoms with Crippen LogP contribution < -0.4 is 5.73 Å². The summed E-state index contributed by atoms with van der Waals surface area (Å²) in [5, 5.41) is 7.49. The van der Waals surface area contributed by atoms with Crippen molar-refractivity contribution in [3.8, 4) is 0 Å². The summed E-state index contributed by atoms with van der Waals surface area (Å²) in [4.78, 5) is 5.31. The number of thioether (sulfide) groups is 1. The Morgan fingerprint density at radius 1 is 1.33 bits per heavy atom. The third-order valence-electron chi connectivity index (χ3n) is 2.34. The van der Waals surface area contributed by atoms with Crippen molar-refractivity contribution in [3.63, 3.8) is 0 Å². The molecule has 1 aromatic heterocycles. The molecule has 0 bridgehead atoms. The number of halogens is 1. The van der Waals surface area contributed by atoms with Crippen LogP contribution in [0.15, 0.2) is 52.0 Å². The fourth-order valence-electron chi connectivity index (χ4n) is 1.52. The van der Waals surface area contributed by atoms with Crippen LogP contribution in [-0.4, -0.2) is 10.8 Å². The smallest absolute Gasteiger partial charge is 0.142 e. The van der Waals surface area contributed by atoms with Gasteiger partial charge >= 0.3 is 0 Å². The molecule has 3 N–H and O–H groups in total. The van der Waals surface area contributed by atoms with Crippen molar-refractivity contribution in [1.29, 1.82) is 5.41 Å². The largest absolute Gasteiger partial charge is 0.382 e. The lowest BCUT2D eigenvalue weighted by Crippen LogP contribution is -2.15. The first-order valence-electron chi connectivity index (χ1n) is 5.33. The number of pyridine rings is 1. The third-order valence-corrected chi connectivity index (χ3v) is 3.87. The van der Waals surface area contributed by atoms with Crippen LogP contribution in [0.2, 0.25) is 0 Å². The number of nitrogens with two attached hydrogens (primary N) is 1. The van der Waals surface area contributed by atoms with E-state index in [4.69, 9.17) is 11.1 Å². The molecule has 0 saturated heterocycles. The van der Waals surface area contributed by atoms with Gasteiger partial charge in [-0.1, -0.05) is 28.1 Å². The normalized spacial score (nSPS) is 10.3. The molecule has 92 valence electrons. The van der Waals surface area contributed by atoms with Gasteiger partial charge in [-0.15, -0.1) is 11.8 Å². The molecule has 0 aliphatic rings. The lowest BCUT2D eigenvalue weighted by Gasteiger charge is -2.06. The Morgan fingerprint density at radius 2 is 2.17 bits per heavy atom. The van der Waals surface area contributed by atoms with Gasteiger partial charge in [0.05, 0.1) is 0 Å². The summed E-state index contributed by atoms with van der Waals surface area (Å²) in [6.45, 7) is 0. The maximum Gasteiger partial charge on any atom is 0.142 e. The van der Waals surface area contributed by atoms with Crippen molar-refractivity contribution in [2.75, 3.05) is 0 Å². The second-order valence-electron chi connectivity index (χ2n) is 3.67. The second kappa shape index (κ2) is 6.02. The molecule has 2 rings (SSSR count). The van der Waals surface area contributed by atoms with Crippen LogP contribution in [0, 0.1) is 5.41 Å². The molecule has 0 radical (unpaired) electrons. The number of hydrogen-bond donors (Lipinski definition) is 2. The number of rotatable bonds is 4. The molecular weight excluding hydrogens is 310 g/mol. The zero-order valence-corrected chi connectivity index (χ0v) is 12.0. The van der Waals surface area contributed by atoms with E-state index in [0.717, 1.165) is 15.8 Å². The standard InChI is InChI=1S/C13H12BrN3S/c14-10-4-1-5-11(7-10)18-8-9-3-2-6-17-12(9)13(15)16/h1-7H,8H2,(H3,15,16). The van der Waals surface area contributed by atoms with Crippen LogP contribution in [0.5, 0.6) is 0 Å². The Balaban J connectivity index is 2.13. The predicted molar refractivity (Wildman–Crippen MR) is 79.0 cm³/mol. The monoisotopic (exact) mass is 321 g/mol. The van der Waals surface area contributed by atoms with Crippen molar-refractivity contribution < 1.29 is 0 Å². The molecular formula is C13H12BrN3S. The van der Waals surface area contributed by atoms with Gasteiger partial charge in [0.1, 0.15) is 11.5 Å². The topological polar surface area (TPSA) is 62.8 Å². The first-order valence-corrected chi connectivity index (χ1v) is 7.11. The number of aromatic nitrogens is 1. The van der Waals surface area contributed by atoms with Gasteiger partial charge < -0.3 is 5.73 Å². The van der Waals surface area contributed by atoms with E-state index in [9.17, 15) is 0 Å². The average Bonchev–Trinajstić information content (AvgIpc) is 2.37. The van der Waals surface area contributed by atoms with E-state index >= 15 is 0 Å². The maximum atomic E-state index is 7.49. The van der Waals surface area contributed by atoms with E-state index in [1.165, 1.54) is 4.90 Å². The number of nitrogens with one attached hydrogen (secondary N) is 1. The van der Waals surface area contributed by atoms with Crippen LogP contribution >= 0.6 is 27.7 Å². The van der Waals surface area contributed by atoms with Crippen molar-refractivity contribution in [3.05, 3.63) is 58.3 Å². The molecule has 0 aliphatic carbocycles. The maximum absolute atomic E-state index is 7.49. The Hall–Kier alpha value is -1.33. The summed E-state index contributed by atoms with van der Waals surface area (Å²) in [5.74, 6) is 0.764. The highest BCUT2D eigenvalue weighted by molar-refractivity contribution is 9.10. The second-order valence-corrected chi connectivity index (χ2v) is 5.64. The molecule has 0 spiro atoms. The summed E-state index contributed by atoms with van der Waals surface area (Å²) in [6, 6.07) is 11.9. The van der Waals surface area contributed by atoms with Gasteiger partial charge in [-0.25, -0.2) is 0 Å². The fourth-order valence-corrected chi connectivity index (χ4v) is 3.01. The van der Waals surface area contributed by atoms with Gasteiger partial charge in [-0.3, -0.25) is 10.4 Å². The van der Waals surface area contributed by atoms with Gasteiger partial charge in [0.25, 0.3) is 0 Å². The molecule has 5 heteroatoms. The van der Waals surface area contributed by atoms with E-state index in [0.29, 0.717) is 5.69 Å². The van der Waals surface area contributed by atoms with Gasteiger partial charge in [-0.05, 0) is 29.8 Å². The SMILES string of the molecule is N=C(N)c1ncccc1CSc1cccc(Br)c1. The van der Waals surface area contributed by atoms with Gasteiger partial charge in [-0.2, -0.15) is 0 Å². The molecule has 0 unspecified atom stereocenters. The molecule has 0 amide bonds. The first-order chi connectivity index (χ1) is 8.66. The molecule has 18 heavy (non-hydrogen) atoms. The minimum atomic E-state index is 0.0143. The molecule has 2 aromatic rings. The molecule has 1 aromatic carbocycles. The van der Waals surface area contributed by atoms with Gasteiger partial charge in [0.2, 0.25) is 0 Å². The average molecular weight is 322 g/mol. The quantitative estimate of drug-likeness (QED) is 0.515. The summed E-state index contributed by atoms with van der Waals surface area (Å²) in [7, 11) is 0. The number of nitrogen functional groups attached to an aromatic ring is 1. The van der Waals surface area contributed by atoms with E-state index in [1.807, 2.05) is 24.3 Å². The first kappa shape index (κ1) is 13.1. The van der Waals surface area contributed by atoms with Crippen molar-refractivity contribution in [1.82, 2.24) is 4.98 Å². The molecule has 0 atom stereocenters. The summed E-state index contributed by atoms with van der Waals surface area (Å²) < 4.78 is 1.06. The molecule has 1 heterocycles. The van der Waals surface area contributed by atoms with E-state index < -0.39 is 0 Å². The molecule has 3 nitrogen and oxygen atoms in total. The van der Waals surface area contributed by atoms with Crippen LogP contribution in [-0.2, 0) is 5.75 Å². The van der Waals surface area contributed by atoms with E-state index in [1.54, 1.807) is 18.0 Å². The highest BCUT2D eigenvalue weighted by Crippen LogP contribution is 2.26. The molecule has 0 fully saturated rings. The minimum absolute atomic E-state index is 0.0143. The fraction of sp³-hybridized carbons (Fsp3) is 0.0769. The van der Waals surface area contributed by atoms with Crippen molar-refractivity contribution >= 4 is 33.5 Å². The summed E-state index contributed by atoms with van der Waals surface area (Å²) in [5.41, 5.74) is 7.06. The van der Waals surface area contributed by atoms with Gasteiger partial charge in [0, 0.05) is 21.3 Å². The van der Waals surface area contributed by atoms with Crippen LogP contribution in [0.3, 0.4) is 0 Å². The van der Waals surface area contributed by atoms with E-state index in [2.05, 4.69) is 33.0 Å². The Bertz CT molecular complexity index is 572. The van der Waals surface area contributed by atoms with Crippen LogP contribution in [0.25, 0.3) is 0 Å². The van der Waals surface area contributed by atoms with E-state index in [-0.39, 0.29) is 5.84 Å². The van der Waals surface area contributed by atoms with Crippen molar-refractivity contribution in [2.45, 2.75) is 10.6 Å². The lowest BCUT2D eigenvalue weighted by atomic mass is 10.2. The molecule has 0 saturated carbocycles. The van der Waals surface area contributed by atoms with Crippen LogP contribution in [0.4, 0.5) is 0 Å². The molecule has 0 aliphatic heterocycles. The third kappa shape index (κ3) is 3.34. The zero-order chi connectivity index (χ0) is 13.0. The highest BCUT2D eigenvalue weighted by Gasteiger charge is 2.06. The summed E-state index contributed by atoms with van der Waals surface area (Å²) in [6.07, 6.45) is 1.66. The Labute approximate surface area is 118 Å². The zero-order valence-electron chi connectivity index (χ0n) is 9.56. The Morgan fingerprint density at radius 3 is 2.89 bits per heavy atom. The Kier molecular flexibility index (Phi) is 4.38. The van der Waals surface area contributed by atoms with Crippen molar-refractivity contribution in [2.24, 2.45) is 5.73 Å². The number of amidine groups is 1. The predicted octanol–water partition coefficient (Wildman–Crippen LogP) is 3.42.